The molecule has 1 saturated heterocycles. The van der Waals surface area contributed by atoms with E-state index in [2.05, 4.69) is 23.1 Å². The number of rotatable bonds is 5. The number of nitrogens with zero attached hydrogens (tertiary/aromatic N) is 1. The molecule has 0 aromatic heterocycles. The van der Waals surface area contributed by atoms with Crippen molar-refractivity contribution in [3.8, 4) is 0 Å². The Morgan fingerprint density at radius 2 is 1.86 bits per heavy atom. The van der Waals surface area contributed by atoms with Gasteiger partial charge in [-0.05, 0) is 81.3 Å². The van der Waals surface area contributed by atoms with Crippen LogP contribution in [0.5, 0.6) is 0 Å². The molecule has 0 amide bonds. The molecule has 1 unspecified atom stereocenters. The summed E-state index contributed by atoms with van der Waals surface area (Å²) in [5.74, 6) is 1.53. The summed E-state index contributed by atoms with van der Waals surface area (Å²) >= 11 is 6.24. The van der Waals surface area contributed by atoms with Crippen LogP contribution in [0.3, 0.4) is 0 Å². The maximum absolute atomic E-state index is 6.24. The molecular weight excluding hydrogens is 292 g/mol. The average molecular weight is 321 g/mol. The lowest BCUT2D eigenvalue weighted by atomic mass is 9.82. The van der Waals surface area contributed by atoms with Crippen LogP contribution in [0.1, 0.15) is 56.4 Å². The van der Waals surface area contributed by atoms with Gasteiger partial charge in [0.05, 0.1) is 0 Å². The van der Waals surface area contributed by atoms with E-state index in [4.69, 9.17) is 17.3 Å². The van der Waals surface area contributed by atoms with Crippen LogP contribution >= 0.6 is 11.6 Å². The van der Waals surface area contributed by atoms with Crippen molar-refractivity contribution in [2.75, 3.05) is 19.6 Å². The number of hydrogen-bond donors (Lipinski definition) is 1. The highest BCUT2D eigenvalue weighted by molar-refractivity contribution is 6.30. The van der Waals surface area contributed by atoms with E-state index in [1.807, 2.05) is 6.07 Å². The zero-order valence-corrected chi connectivity index (χ0v) is 14.3. The lowest BCUT2D eigenvalue weighted by molar-refractivity contribution is 0.199. The SMILES string of the molecule is NC1CCN(CCC(c2cccc(Cl)c2)C2CCCC2)CC1. The van der Waals surface area contributed by atoms with Gasteiger partial charge in [-0.1, -0.05) is 36.6 Å². The van der Waals surface area contributed by atoms with Gasteiger partial charge >= 0.3 is 0 Å². The van der Waals surface area contributed by atoms with Crippen molar-refractivity contribution in [1.29, 1.82) is 0 Å². The Bertz CT molecular complexity index is 462. The molecule has 122 valence electrons. The maximum atomic E-state index is 6.24. The molecule has 1 aromatic carbocycles. The number of hydrogen-bond acceptors (Lipinski definition) is 2. The minimum Gasteiger partial charge on any atom is -0.328 e. The molecule has 1 aliphatic carbocycles. The maximum Gasteiger partial charge on any atom is 0.0408 e. The van der Waals surface area contributed by atoms with Gasteiger partial charge in [-0.3, -0.25) is 0 Å². The summed E-state index contributed by atoms with van der Waals surface area (Å²) in [5.41, 5.74) is 7.47. The van der Waals surface area contributed by atoms with Crippen LogP contribution < -0.4 is 5.73 Å². The van der Waals surface area contributed by atoms with Crippen LogP contribution in [0.4, 0.5) is 0 Å². The van der Waals surface area contributed by atoms with Crippen LogP contribution in [0, 0.1) is 5.92 Å². The van der Waals surface area contributed by atoms with Crippen LogP contribution in [0.25, 0.3) is 0 Å². The molecule has 0 radical (unpaired) electrons. The molecule has 0 spiro atoms. The van der Waals surface area contributed by atoms with Gasteiger partial charge in [-0.2, -0.15) is 0 Å². The summed E-state index contributed by atoms with van der Waals surface area (Å²) in [6.45, 7) is 3.56. The Balaban J connectivity index is 1.63. The second kappa shape index (κ2) is 7.81. The van der Waals surface area contributed by atoms with Crippen molar-refractivity contribution in [3.63, 3.8) is 0 Å². The third-order valence-corrected chi connectivity index (χ3v) is 5.87. The van der Waals surface area contributed by atoms with Gasteiger partial charge in [-0.15, -0.1) is 0 Å². The molecular formula is C19H29ClN2. The molecule has 1 saturated carbocycles. The zero-order chi connectivity index (χ0) is 15.4. The largest absolute Gasteiger partial charge is 0.328 e. The summed E-state index contributed by atoms with van der Waals surface area (Å²) in [6, 6.07) is 9.00. The molecule has 1 heterocycles. The standard InChI is InChI=1S/C19H29ClN2/c20-17-7-3-6-16(14-17)19(15-4-1-2-5-15)10-13-22-11-8-18(21)9-12-22/h3,6-7,14-15,18-19H,1-2,4-5,8-13,21H2. The third-order valence-electron chi connectivity index (χ3n) is 5.63. The van der Waals surface area contributed by atoms with E-state index in [1.54, 1.807) is 0 Å². The third kappa shape index (κ3) is 4.24. The fourth-order valence-electron chi connectivity index (χ4n) is 4.27. The number of halogens is 1. The van der Waals surface area contributed by atoms with E-state index >= 15 is 0 Å². The van der Waals surface area contributed by atoms with Crippen LogP contribution in [0.2, 0.25) is 5.02 Å². The molecule has 2 fully saturated rings. The predicted octanol–water partition coefficient (Wildman–Crippen LogP) is 4.43. The first kappa shape index (κ1) is 16.3. The lowest BCUT2D eigenvalue weighted by Crippen LogP contribution is -2.40. The Hall–Kier alpha value is -0.570. The van der Waals surface area contributed by atoms with Gasteiger partial charge in [0, 0.05) is 11.1 Å². The topological polar surface area (TPSA) is 29.3 Å². The second-order valence-electron chi connectivity index (χ2n) is 7.17. The molecule has 2 nitrogen and oxygen atoms in total. The Kier molecular flexibility index (Phi) is 5.78. The fourth-order valence-corrected chi connectivity index (χ4v) is 4.47. The average Bonchev–Trinajstić information content (AvgIpc) is 3.04. The lowest BCUT2D eigenvalue weighted by Gasteiger charge is -2.32. The van der Waals surface area contributed by atoms with Crippen LogP contribution in [0.15, 0.2) is 24.3 Å². The van der Waals surface area contributed by atoms with Crippen molar-refractivity contribution >= 4 is 11.6 Å². The molecule has 22 heavy (non-hydrogen) atoms. The van der Waals surface area contributed by atoms with E-state index in [0.29, 0.717) is 12.0 Å². The molecule has 3 rings (SSSR count). The summed E-state index contributed by atoms with van der Waals surface area (Å²) in [4.78, 5) is 2.61. The minimum absolute atomic E-state index is 0.426. The van der Waals surface area contributed by atoms with Gasteiger partial charge in [0.15, 0.2) is 0 Å². The molecule has 1 aromatic rings. The zero-order valence-electron chi connectivity index (χ0n) is 13.5. The molecule has 2 N–H and O–H groups in total. The molecule has 3 heteroatoms. The highest BCUT2D eigenvalue weighted by Crippen LogP contribution is 2.40. The van der Waals surface area contributed by atoms with E-state index in [1.165, 1.54) is 57.3 Å². The summed E-state index contributed by atoms with van der Waals surface area (Å²) < 4.78 is 0. The van der Waals surface area contributed by atoms with Gasteiger partial charge in [0.25, 0.3) is 0 Å². The highest BCUT2D eigenvalue weighted by Gasteiger charge is 2.27. The minimum atomic E-state index is 0.426. The molecule has 2 aliphatic rings. The number of piperidine rings is 1. The van der Waals surface area contributed by atoms with Gasteiger partial charge in [-0.25, -0.2) is 0 Å². The Labute approximate surface area is 140 Å². The first-order chi connectivity index (χ1) is 10.7. The fraction of sp³-hybridized carbons (Fsp3) is 0.684. The quantitative estimate of drug-likeness (QED) is 0.869. The van der Waals surface area contributed by atoms with Crippen LogP contribution in [-0.2, 0) is 0 Å². The van der Waals surface area contributed by atoms with E-state index < -0.39 is 0 Å². The van der Waals surface area contributed by atoms with Crippen LogP contribution in [-0.4, -0.2) is 30.6 Å². The molecule has 1 aliphatic heterocycles. The summed E-state index contributed by atoms with van der Waals surface area (Å²) in [6.07, 6.45) is 9.17. The normalized spacial score (nSPS) is 23.0. The van der Waals surface area contributed by atoms with E-state index in [-0.39, 0.29) is 0 Å². The number of benzene rings is 1. The Morgan fingerprint density at radius 3 is 2.55 bits per heavy atom. The Morgan fingerprint density at radius 1 is 1.14 bits per heavy atom. The van der Waals surface area contributed by atoms with Gasteiger partial charge in [0.1, 0.15) is 0 Å². The van der Waals surface area contributed by atoms with Gasteiger partial charge in [0.2, 0.25) is 0 Å². The van der Waals surface area contributed by atoms with Crippen molar-refractivity contribution in [1.82, 2.24) is 4.90 Å². The second-order valence-corrected chi connectivity index (χ2v) is 7.61. The van der Waals surface area contributed by atoms with Crippen molar-refractivity contribution in [3.05, 3.63) is 34.9 Å². The monoisotopic (exact) mass is 320 g/mol. The van der Waals surface area contributed by atoms with E-state index in [9.17, 15) is 0 Å². The van der Waals surface area contributed by atoms with Crippen molar-refractivity contribution < 1.29 is 0 Å². The van der Waals surface area contributed by atoms with Crippen molar-refractivity contribution in [2.24, 2.45) is 11.7 Å². The first-order valence-corrected chi connectivity index (χ1v) is 9.33. The number of nitrogens with two attached hydrogens (primary N) is 1. The van der Waals surface area contributed by atoms with Gasteiger partial charge < -0.3 is 10.6 Å². The highest BCUT2D eigenvalue weighted by atomic mass is 35.5. The molecule has 0 bridgehead atoms. The van der Waals surface area contributed by atoms with Crippen molar-refractivity contribution in [2.45, 2.75) is 56.9 Å². The predicted molar refractivity (Wildman–Crippen MR) is 94.4 cm³/mol. The first-order valence-electron chi connectivity index (χ1n) is 8.96. The van der Waals surface area contributed by atoms with E-state index in [0.717, 1.165) is 23.8 Å². The number of likely N-dealkylation sites (tertiary alicyclic amines) is 1. The smallest absolute Gasteiger partial charge is 0.0408 e. The summed E-state index contributed by atoms with van der Waals surface area (Å²) in [7, 11) is 0. The molecule has 1 atom stereocenters. The summed E-state index contributed by atoms with van der Waals surface area (Å²) in [5, 5.41) is 0.879.